The van der Waals surface area contributed by atoms with Gasteiger partial charge in [-0.05, 0) is 24.1 Å². The van der Waals surface area contributed by atoms with Crippen molar-refractivity contribution in [1.29, 1.82) is 0 Å². The second kappa shape index (κ2) is 6.61. The molecule has 0 spiro atoms. The van der Waals surface area contributed by atoms with Crippen molar-refractivity contribution in [1.82, 2.24) is 10.3 Å². The highest BCUT2D eigenvalue weighted by molar-refractivity contribution is 6.02. The Balaban J connectivity index is 1.93. The number of aromatic nitrogens is 1. The Bertz CT molecular complexity index is 592. The quantitative estimate of drug-likeness (QED) is 0.846. The van der Waals surface area contributed by atoms with Gasteiger partial charge in [-0.25, -0.2) is 0 Å². The van der Waals surface area contributed by atoms with E-state index in [0.29, 0.717) is 11.1 Å². The number of nitrogens with zero attached hydrogens (tertiary/aromatic N) is 1. The van der Waals surface area contributed by atoms with Gasteiger partial charge >= 0.3 is 0 Å². The van der Waals surface area contributed by atoms with Crippen molar-refractivity contribution in [2.45, 2.75) is 13.3 Å². The molecule has 0 radical (unpaired) electrons. The van der Waals surface area contributed by atoms with Gasteiger partial charge in [0, 0.05) is 18.0 Å². The maximum absolute atomic E-state index is 11.9. The molecule has 0 saturated carbocycles. The summed E-state index contributed by atoms with van der Waals surface area (Å²) in [4.78, 5) is 27.6. The Kier molecular flexibility index (Phi) is 4.60. The van der Waals surface area contributed by atoms with Crippen LogP contribution in [-0.4, -0.2) is 23.2 Å². The van der Waals surface area contributed by atoms with Gasteiger partial charge in [0.2, 0.25) is 0 Å². The van der Waals surface area contributed by atoms with Crippen LogP contribution in [0.4, 0.5) is 0 Å². The minimum Gasteiger partial charge on any atom is -0.345 e. The van der Waals surface area contributed by atoms with Crippen LogP contribution in [0, 0.1) is 0 Å². The first-order valence-corrected chi connectivity index (χ1v) is 6.51. The Morgan fingerprint density at radius 1 is 1.10 bits per heavy atom. The summed E-state index contributed by atoms with van der Waals surface area (Å²) < 4.78 is 0. The van der Waals surface area contributed by atoms with Crippen molar-refractivity contribution in [3.05, 3.63) is 65.5 Å². The molecule has 2 aromatic rings. The van der Waals surface area contributed by atoms with Crippen LogP contribution in [0.1, 0.15) is 33.2 Å². The number of pyridine rings is 1. The normalized spacial score (nSPS) is 10.1. The van der Waals surface area contributed by atoms with E-state index in [-0.39, 0.29) is 18.2 Å². The molecule has 4 nitrogen and oxygen atoms in total. The van der Waals surface area contributed by atoms with Gasteiger partial charge < -0.3 is 5.32 Å². The van der Waals surface area contributed by atoms with Crippen LogP contribution in [0.2, 0.25) is 0 Å². The summed E-state index contributed by atoms with van der Waals surface area (Å²) >= 11 is 0. The monoisotopic (exact) mass is 268 g/mol. The van der Waals surface area contributed by atoms with Gasteiger partial charge in [0.05, 0.1) is 12.1 Å². The van der Waals surface area contributed by atoms with E-state index in [1.807, 2.05) is 12.1 Å². The predicted octanol–water partition coefficient (Wildman–Crippen LogP) is 2.26. The highest BCUT2D eigenvalue weighted by Crippen LogP contribution is 2.05. The molecule has 1 aromatic carbocycles. The van der Waals surface area contributed by atoms with E-state index in [4.69, 9.17) is 0 Å². The number of hydrogen-bond acceptors (Lipinski definition) is 3. The van der Waals surface area contributed by atoms with Crippen molar-refractivity contribution in [2.75, 3.05) is 6.54 Å². The van der Waals surface area contributed by atoms with E-state index >= 15 is 0 Å². The Morgan fingerprint density at radius 2 is 1.85 bits per heavy atom. The molecule has 1 amide bonds. The number of carbonyl (C=O) groups excluding carboxylic acids is 2. The first kappa shape index (κ1) is 13.9. The number of carbonyl (C=O) groups is 2. The van der Waals surface area contributed by atoms with Gasteiger partial charge in [0.25, 0.3) is 5.91 Å². The molecule has 0 fully saturated rings. The van der Waals surface area contributed by atoms with Gasteiger partial charge in [0.1, 0.15) is 0 Å². The summed E-state index contributed by atoms with van der Waals surface area (Å²) in [5.41, 5.74) is 2.23. The summed E-state index contributed by atoms with van der Waals surface area (Å²) in [7, 11) is 0. The van der Waals surface area contributed by atoms with Crippen LogP contribution in [0.5, 0.6) is 0 Å². The molecule has 0 saturated heterocycles. The van der Waals surface area contributed by atoms with E-state index in [0.717, 1.165) is 6.42 Å². The van der Waals surface area contributed by atoms with Crippen molar-refractivity contribution in [3.63, 3.8) is 0 Å². The Hall–Kier alpha value is -2.49. The van der Waals surface area contributed by atoms with Crippen molar-refractivity contribution < 1.29 is 9.59 Å². The molecule has 0 unspecified atom stereocenters. The smallest absolute Gasteiger partial charge is 0.253 e. The standard InChI is InChI=1S/C16H16N2O2/c1-2-12-5-7-13(8-6-12)15(19)11-18-16(20)14-4-3-9-17-10-14/h3-10H,2,11H2,1H3,(H,18,20). The molecule has 0 aliphatic carbocycles. The molecule has 1 aromatic heterocycles. The summed E-state index contributed by atoms with van der Waals surface area (Å²) in [6, 6.07) is 10.8. The first-order valence-electron chi connectivity index (χ1n) is 6.51. The minimum atomic E-state index is -0.295. The molecule has 1 N–H and O–H groups in total. The molecule has 0 bridgehead atoms. The lowest BCUT2D eigenvalue weighted by atomic mass is 10.1. The van der Waals surface area contributed by atoms with Crippen LogP contribution in [-0.2, 0) is 6.42 Å². The molecule has 20 heavy (non-hydrogen) atoms. The lowest BCUT2D eigenvalue weighted by Crippen LogP contribution is -2.29. The summed E-state index contributed by atoms with van der Waals surface area (Å²) in [5, 5.41) is 2.60. The van der Waals surface area contributed by atoms with Gasteiger partial charge in [-0.15, -0.1) is 0 Å². The number of ketones is 1. The van der Waals surface area contributed by atoms with E-state index in [9.17, 15) is 9.59 Å². The number of amides is 1. The zero-order valence-corrected chi connectivity index (χ0v) is 11.3. The topological polar surface area (TPSA) is 59.1 Å². The molecular formula is C16H16N2O2. The van der Waals surface area contributed by atoms with Crippen LogP contribution in [0.15, 0.2) is 48.8 Å². The minimum absolute atomic E-state index is 0.0147. The molecule has 4 heteroatoms. The van der Waals surface area contributed by atoms with Crippen LogP contribution < -0.4 is 5.32 Å². The Morgan fingerprint density at radius 3 is 2.45 bits per heavy atom. The Labute approximate surface area is 117 Å². The predicted molar refractivity (Wildman–Crippen MR) is 76.7 cm³/mol. The molecule has 0 aliphatic heterocycles. The van der Waals surface area contributed by atoms with E-state index in [1.54, 1.807) is 30.5 Å². The molecule has 1 heterocycles. The zero-order chi connectivity index (χ0) is 14.4. The number of rotatable bonds is 5. The maximum atomic E-state index is 11.9. The lowest BCUT2D eigenvalue weighted by Gasteiger charge is -2.05. The molecule has 102 valence electrons. The highest BCUT2D eigenvalue weighted by Gasteiger charge is 2.09. The van der Waals surface area contributed by atoms with E-state index < -0.39 is 0 Å². The highest BCUT2D eigenvalue weighted by atomic mass is 16.2. The number of aryl methyl sites for hydroxylation is 1. The van der Waals surface area contributed by atoms with Crippen LogP contribution in [0.25, 0.3) is 0 Å². The summed E-state index contributed by atoms with van der Waals surface area (Å²) in [6.45, 7) is 2.05. The average molecular weight is 268 g/mol. The van der Waals surface area contributed by atoms with Crippen molar-refractivity contribution in [2.24, 2.45) is 0 Å². The number of hydrogen-bond donors (Lipinski definition) is 1. The zero-order valence-electron chi connectivity index (χ0n) is 11.3. The van der Waals surface area contributed by atoms with Crippen LogP contribution in [0.3, 0.4) is 0 Å². The number of nitrogens with one attached hydrogen (secondary N) is 1. The van der Waals surface area contributed by atoms with Crippen LogP contribution >= 0.6 is 0 Å². The fourth-order valence-electron chi connectivity index (χ4n) is 1.79. The largest absolute Gasteiger partial charge is 0.345 e. The molecular weight excluding hydrogens is 252 g/mol. The summed E-state index contributed by atoms with van der Waals surface area (Å²) in [5.74, 6) is -0.401. The van der Waals surface area contributed by atoms with E-state index in [1.165, 1.54) is 11.8 Å². The SMILES string of the molecule is CCc1ccc(C(=O)CNC(=O)c2cccnc2)cc1. The third kappa shape index (κ3) is 3.51. The van der Waals surface area contributed by atoms with Crippen molar-refractivity contribution in [3.8, 4) is 0 Å². The van der Waals surface area contributed by atoms with Gasteiger partial charge in [0.15, 0.2) is 5.78 Å². The molecule has 0 aliphatic rings. The van der Waals surface area contributed by atoms with Gasteiger partial charge in [-0.1, -0.05) is 31.2 Å². The van der Waals surface area contributed by atoms with Crippen molar-refractivity contribution >= 4 is 11.7 Å². The second-order valence-corrected chi connectivity index (χ2v) is 4.40. The van der Waals surface area contributed by atoms with E-state index in [2.05, 4.69) is 17.2 Å². The van der Waals surface area contributed by atoms with Gasteiger partial charge in [-0.3, -0.25) is 14.6 Å². The maximum Gasteiger partial charge on any atom is 0.253 e. The fourth-order valence-corrected chi connectivity index (χ4v) is 1.79. The number of Topliss-reactive ketones (excluding diaryl/α,β-unsaturated/α-hetero) is 1. The first-order chi connectivity index (χ1) is 9.70. The second-order valence-electron chi connectivity index (χ2n) is 4.40. The number of benzene rings is 1. The summed E-state index contributed by atoms with van der Waals surface area (Å²) in [6.07, 6.45) is 4.00. The lowest BCUT2D eigenvalue weighted by molar-refractivity contribution is 0.0904. The fraction of sp³-hybridized carbons (Fsp3) is 0.188. The third-order valence-corrected chi connectivity index (χ3v) is 3.02. The third-order valence-electron chi connectivity index (χ3n) is 3.02. The molecule has 0 atom stereocenters. The average Bonchev–Trinajstić information content (AvgIpc) is 2.53. The van der Waals surface area contributed by atoms with Gasteiger partial charge in [-0.2, -0.15) is 0 Å². The molecule has 2 rings (SSSR count).